The van der Waals surface area contributed by atoms with Gasteiger partial charge in [-0.05, 0) is 13.3 Å². The quantitative estimate of drug-likeness (QED) is 0.834. The van der Waals surface area contributed by atoms with E-state index in [1.54, 1.807) is 4.68 Å². The standard InChI is InChI=1S/C13H20N6/c1-4-6-10-15-12(14-5-2)9-13(16-10)17-11-7-8-19(3)18-11/h7-9H,4-6H2,1-3H3,(H2,14,15,16,17,18). The average Bonchev–Trinajstić information content (AvgIpc) is 2.75. The van der Waals surface area contributed by atoms with Crippen LogP contribution in [0.25, 0.3) is 0 Å². The first-order valence-corrected chi connectivity index (χ1v) is 6.59. The van der Waals surface area contributed by atoms with Gasteiger partial charge in [0, 0.05) is 38.3 Å². The van der Waals surface area contributed by atoms with Crippen molar-refractivity contribution in [3.05, 3.63) is 24.2 Å². The van der Waals surface area contributed by atoms with Crippen molar-refractivity contribution in [2.45, 2.75) is 26.7 Å². The molecule has 0 bridgehead atoms. The van der Waals surface area contributed by atoms with Gasteiger partial charge in [-0.3, -0.25) is 4.68 Å². The Hall–Kier alpha value is -2.11. The van der Waals surface area contributed by atoms with Crippen LogP contribution in [0.2, 0.25) is 0 Å². The van der Waals surface area contributed by atoms with Crippen molar-refractivity contribution in [1.29, 1.82) is 0 Å². The minimum Gasteiger partial charge on any atom is -0.370 e. The molecule has 0 amide bonds. The molecular formula is C13H20N6. The smallest absolute Gasteiger partial charge is 0.153 e. The summed E-state index contributed by atoms with van der Waals surface area (Å²) in [5.74, 6) is 3.25. The number of nitrogens with one attached hydrogen (secondary N) is 2. The molecule has 0 atom stereocenters. The first-order valence-electron chi connectivity index (χ1n) is 6.59. The van der Waals surface area contributed by atoms with Crippen molar-refractivity contribution in [3.8, 4) is 0 Å². The second-order valence-electron chi connectivity index (χ2n) is 4.33. The van der Waals surface area contributed by atoms with Crippen molar-refractivity contribution < 1.29 is 0 Å². The molecule has 0 fully saturated rings. The first-order chi connectivity index (χ1) is 9.21. The van der Waals surface area contributed by atoms with Crippen LogP contribution in [0.3, 0.4) is 0 Å². The largest absolute Gasteiger partial charge is 0.370 e. The molecule has 0 saturated carbocycles. The minimum absolute atomic E-state index is 0.771. The average molecular weight is 260 g/mol. The van der Waals surface area contributed by atoms with E-state index in [1.807, 2.05) is 32.3 Å². The number of nitrogens with zero attached hydrogens (tertiary/aromatic N) is 4. The third-order valence-electron chi connectivity index (χ3n) is 2.57. The monoisotopic (exact) mass is 260 g/mol. The van der Waals surface area contributed by atoms with Gasteiger partial charge in [0.15, 0.2) is 5.82 Å². The zero-order valence-electron chi connectivity index (χ0n) is 11.6. The van der Waals surface area contributed by atoms with E-state index in [1.165, 1.54) is 0 Å². The van der Waals surface area contributed by atoms with E-state index in [4.69, 9.17) is 0 Å². The Balaban J connectivity index is 2.22. The fourth-order valence-electron chi connectivity index (χ4n) is 1.78. The van der Waals surface area contributed by atoms with Gasteiger partial charge in [0.25, 0.3) is 0 Å². The summed E-state index contributed by atoms with van der Waals surface area (Å²) in [6.45, 7) is 5.01. The predicted octanol–water partition coefficient (Wildman–Crippen LogP) is 2.34. The summed E-state index contributed by atoms with van der Waals surface area (Å²) in [6.07, 6.45) is 3.79. The zero-order valence-corrected chi connectivity index (χ0v) is 11.6. The van der Waals surface area contributed by atoms with Crippen molar-refractivity contribution in [3.63, 3.8) is 0 Å². The number of hydrogen-bond acceptors (Lipinski definition) is 5. The maximum absolute atomic E-state index is 4.50. The molecule has 2 heterocycles. The number of aromatic nitrogens is 4. The van der Waals surface area contributed by atoms with Gasteiger partial charge in [0.05, 0.1) is 0 Å². The lowest BCUT2D eigenvalue weighted by molar-refractivity contribution is 0.770. The molecule has 0 radical (unpaired) electrons. The molecule has 0 aliphatic rings. The van der Waals surface area contributed by atoms with Crippen molar-refractivity contribution in [1.82, 2.24) is 19.7 Å². The number of rotatable bonds is 6. The Morgan fingerprint density at radius 3 is 2.58 bits per heavy atom. The Morgan fingerprint density at radius 1 is 1.16 bits per heavy atom. The van der Waals surface area contributed by atoms with Gasteiger partial charge in [-0.1, -0.05) is 6.92 Å². The van der Waals surface area contributed by atoms with Crippen LogP contribution in [0.1, 0.15) is 26.1 Å². The lowest BCUT2D eigenvalue weighted by Gasteiger charge is -2.09. The Bertz CT molecular complexity index is 509. The van der Waals surface area contributed by atoms with Gasteiger partial charge >= 0.3 is 0 Å². The highest BCUT2D eigenvalue weighted by atomic mass is 15.3. The fraction of sp³-hybridized carbons (Fsp3) is 0.462. The Morgan fingerprint density at radius 2 is 1.95 bits per heavy atom. The van der Waals surface area contributed by atoms with Crippen LogP contribution in [0.4, 0.5) is 17.5 Å². The summed E-state index contributed by atoms with van der Waals surface area (Å²) in [7, 11) is 1.89. The van der Waals surface area contributed by atoms with E-state index in [0.717, 1.165) is 42.7 Å². The number of anilines is 3. The molecule has 0 spiro atoms. The summed E-state index contributed by atoms with van der Waals surface area (Å²) >= 11 is 0. The molecule has 2 aromatic heterocycles. The van der Waals surface area contributed by atoms with E-state index in [0.29, 0.717) is 0 Å². The van der Waals surface area contributed by atoms with Crippen molar-refractivity contribution in [2.75, 3.05) is 17.2 Å². The van der Waals surface area contributed by atoms with Gasteiger partial charge in [-0.15, -0.1) is 0 Å². The highest BCUT2D eigenvalue weighted by molar-refractivity contribution is 5.55. The second-order valence-corrected chi connectivity index (χ2v) is 4.33. The first kappa shape index (κ1) is 13.3. The Labute approximate surface area is 113 Å². The molecule has 19 heavy (non-hydrogen) atoms. The van der Waals surface area contributed by atoms with E-state index in [-0.39, 0.29) is 0 Å². The number of hydrogen-bond donors (Lipinski definition) is 2. The van der Waals surface area contributed by atoms with Crippen LogP contribution >= 0.6 is 0 Å². The third-order valence-corrected chi connectivity index (χ3v) is 2.57. The highest BCUT2D eigenvalue weighted by Crippen LogP contribution is 2.16. The molecular weight excluding hydrogens is 240 g/mol. The molecule has 6 heteroatoms. The predicted molar refractivity (Wildman–Crippen MR) is 76.7 cm³/mol. The van der Waals surface area contributed by atoms with Gasteiger partial charge in [-0.25, -0.2) is 9.97 Å². The third kappa shape index (κ3) is 3.67. The molecule has 0 saturated heterocycles. The van der Waals surface area contributed by atoms with Crippen LogP contribution in [0.15, 0.2) is 18.3 Å². The molecule has 0 aromatic carbocycles. The molecule has 102 valence electrons. The van der Waals surface area contributed by atoms with Crippen LogP contribution in [0.5, 0.6) is 0 Å². The molecule has 6 nitrogen and oxygen atoms in total. The fourth-order valence-corrected chi connectivity index (χ4v) is 1.78. The van der Waals surface area contributed by atoms with Crippen LogP contribution in [-0.4, -0.2) is 26.3 Å². The summed E-state index contributed by atoms with van der Waals surface area (Å²) < 4.78 is 1.75. The molecule has 0 aliphatic heterocycles. The summed E-state index contributed by atoms with van der Waals surface area (Å²) in [5.41, 5.74) is 0. The zero-order chi connectivity index (χ0) is 13.7. The maximum atomic E-state index is 4.50. The summed E-state index contributed by atoms with van der Waals surface area (Å²) in [5, 5.41) is 10.7. The van der Waals surface area contributed by atoms with Gasteiger partial charge in [0.1, 0.15) is 17.5 Å². The topological polar surface area (TPSA) is 67.7 Å². The maximum Gasteiger partial charge on any atom is 0.153 e. The van der Waals surface area contributed by atoms with Gasteiger partial charge in [0.2, 0.25) is 0 Å². The van der Waals surface area contributed by atoms with Gasteiger partial charge in [-0.2, -0.15) is 5.10 Å². The van der Waals surface area contributed by atoms with Crippen LogP contribution in [0, 0.1) is 0 Å². The molecule has 2 aromatic rings. The summed E-state index contributed by atoms with van der Waals surface area (Å²) in [6, 6.07) is 3.81. The lowest BCUT2D eigenvalue weighted by atomic mass is 10.3. The molecule has 2 N–H and O–H groups in total. The van der Waals surface area contributed by atoms with Gasteiger partial charge < -0.3 is 10.6 Å². The molecule has 0 aliphatic carbocycles. The Kier molecular flexibility index (Phi) is 4.33. The van der Waals surface area contributed by atoms with E-state index < -0.39 is 0 Å². The van der Waals surface area contributed by atoms with E-state index in [9.17, 15) is 0 Å². The van der Waals surface area contributed by atoms with Crippen molar-refractivity contribution in [2.24, 2.45) is 7.05 Å². The lowest BCUT2D eigenvalue weighted by Crippen LogP contribution is -2.06. The SMILES string of the molecule is CCCc1nc(NCC)cc(Nc2ccn(C)n2)n1. The van der Waals surface area contributed by atoms with E-state index >= 15 is 0 Å². The molecule has 2 rings (SSSR count). The molecule has 0 unspecified atom stereocenters. The number of aryl methyl sites for hydroxylation is 2. The van der Waals surface area contributed by atoms with Crippen LogP contribution in [-0.2, 0) is 13.5 Å². The van der Waals surface area contributed by atoms with Crippen LogP contribution < -0.4 is 10.6 Å². The second kappa shape index (κ2) is 6.17. The highest BCUT2D eigenvalue weighted by Gasteiger charge is 2.05. The minimum atomic E-state index is 0.771. The summed E-state index contributed by atoms with van der Waals surface area (Å²) in [4.78, 5) is 8.97. The normalized spacial score (nSPS) is 10.5. The van der Waals surface area contributed by atoms with Crippen molar-refractivity contribution >= 4 is 17.5 Å². The van der Waals surface area contributed by atoms with E-state index in [2.05, 4.69) is 32.6 Å².